The molecule has 2 heterocycles. The number of rotatable bonds is 2. The second-order valence-corrected chi connectivity index (χ2v) is 8.94. The SMILES string of the molecule is CC1(C)CC(=O)c2cc(C(=O)N3CCOC(c4ccc(Cl)cc4)C3)c(=O)[nH]c2C1. The first-order chi connectivity index (χ1) is 13.7. The van der Waals surface area contributed by atoms with Crippen LogP contribution in [0, 0.1) is 5.41 Å². The number of carbonyl (C=O) groups excluding carboxylic acids is 2. The molecule has 1 aliphatic heterocycles. The highest BCUT2D eigenvalue weighted by Crippen LogP contribution is 2.33. The molecule has 7 heteroatoms. The topological polar surface area (TPSA) is 79.5 Å². The van der Waals surface area contributed by atoms with Gasteiger partial charge in [-0.3, -0.25) is 14.4 Å². The van der Waals surface area contributed by atoms with E-state index in [9.17, 15) is 14.4 Å². The Balaban J connectivity index is 1.59. The molecule has 1 atom stereocenters. The van der Waals surface area contributed by atoms with Crippen LogP contribution in [0.25, 0.3) is 0 Å². The Morgan fingerprint density at radius 1 is 1.21 bits per heavy atom. The summed E-state index contributed by atoms with van der Waals surface area (Å²) >= 11 is 5.94. The highest BCUT2D eigenvalue weighted by atomic mass is 35.5. The molecule has 1 amide bonds. The maximum atomic E-state index is 13.1. The minimum Gasteiger partial charge on any atom is -0.370 e. The lowest BCUT2D eigenvalue weighted by Crippen LogP contribution is -2.44. The zero-order chi connectivity index (χ0) is 20.8. The third-order valence-corrected chi connectivity index (χ3v) is 5.80. The summed E-state index contributed by atoms with van der Waals surface area (Å²) in [5, 5.41) is 0.630. The highest BCUT2D eigenvalue weighted by molar-refractivity contribution is 6.30. The van der Waals surface area contributed by atoms with Crippen molar-refractivity contribution < 1.29 is 14.3 Å². The third-order valence-electron chi connectivity index (χ3n) is 5.54. The molecule has 0 spiro atoms. The number of aromatic nitrogens is 1. The van der Waals surface area contributed by atoms with Crippen molar-refractivity contribution in [3.8, 4) is 0 Å². The Morgan fingerprint density at radius 3 is 2.66 bits per heavy atom. The van der Waals surface area contributed by atoms with Crippen LogP contribution in [0.1, 0.15) is 58.3 Å². The van der Waals surface area contributed by atoms with E-state index in [-0.39, 0.29) is 28.8 Å². The van der Waals surface area contributed by atoms with Gasteiger partial charge in [0.2, 0.25) is 0 Å². The smallest absolute Gasteiger partial charge is 0.261 e. The van der Waals surface area contributed by atoms with E-state index in [0.29, 0.717) is 48.8 Å². The van der Waals surface area contributed by atoms with Crippen LogP contribution in [0.3, 0.4) is 0 Å². The Morgan fingerprint density at radius 2 is 1.93 bits per heavy atom. The largest absolute Gasteiger partial charge is 0.370 e. The van der Waals surface area contributed by atoms with Crippen LogP contribution in [-0.4, -0.2) is 41.3 Å². The maximum Gasteiger partial charge on any atom is 0.261 e. The standard InChI is InChI=1S/C22H23ClN2O4/c1-22(2)10-17-15(18(26)11-22)9-16(20(27)24-17)21(28)25-7-8-29-19(12-25)13-3-5-14(23)6-4-13/h3-6,9,19H,7-8,10-12H2,1-2H3,(H,24,27). The molecule has 1 aromatic heterocycles. The van der Waals surface area contributed by atoms with Crippen molar-refractivity contribution in [1.82, 2.24) is 9.88 Å². The van der Waals surface area contributed by atoms with Gasteiger partial charge in [-0.15, -0.1) is 0 Å². The fourth-order valence-corrected chi connectivity index (χ4v) is 4.20. The number of fused-ring (bicyclic) bond motifs is 1. The molecule has 4 rings (SSSR count). The van der Waals surface area contributed by atoms with Crippen LogP contribution < -0.4 is 5.56 Å². The summed E-state index contributed by atoms with van der Waals surface area (Å²) < 4.78 is 5.80. The van der Waals surface area contributed by atoms with Crippen molar-refractivity contribution in [2.45, 2.75) is 32.8 Å². The van der Waals surface area contributed by atoms with E-state index in [4.69, 9.17) is 16.3 Å². The Kier molecular flexibility index (Phi) is 5.09. The van der Waals surface area contributed by atoms with Crippen molar-refractivity contribution >= 4 is 23.3 Å². The number of Topliss-reactive ketones (excluding diaryl/α,β-unsaturated/α-hetero) is 1. The molecule has 2 aromatic rings. The first-order valence-electron chi connectivity index (χ1n) is 9.69. The molecule has 1 N–H and O–H groups in total. The number of hydrogen-bond donors (Lipinski definition) is 1. The lowest BCUT2D eigenvalue weighted by molar-refractivity contribution is -0.0228. The fourth-order valence-electron chi connectivity index (χ4n) is 4.07. The van der Waals surface area contributed by atoms with E-state index in [1.807, 2.05) is 26.0 Å². The van der Waals surface area contributed by atoms with Crippen molar-refractivity contribution in [3.05, 3.63) is 68.1 Å². The lowest BCUT2D eigenvalue weighted by Gasteiger charge is -2.33. The first-order valence-corrected chi connectivity index (χ1v) is 10.1. The molecule has 1 unspecified atom stereocenters. The Labute approximate surface area is 173 Å². The number of ketones is 1. The lowest BCUT2D eigenvalue weighted by atomic mass is 9.75. The number of benzene rings is 1. The molecule has 152 valence electrons. The number of pyridine rings is 1. The van der Waals surface area contributed by atoms with Gasteiger partial charge < -0.3 is 14.6 Å². The maximum absolute atomic E-state index is 13.1. The fraction of sp³-hybridized carbons (Fsp3) is 0.409. The van der Waals surface area contributed by atoms with Crippen molar-refractivity contribution in [1.29, 1.82) is 0 Å². The van der Waals surface area contributed by atoms with Gasteiger partial charge in [0.25, 0.3) is 11.5 Å². The van der Waals surface area contributed by atoms with Gasteiger partial charge in [-0.1, -0.05) is 37.6 Å². The van der Waals surface area contributed by atoms with Crippen LogP contribution in [-0.2, 0) is 11.2 Å². The molecule has 1 aromatic carbocycles. The van der Waals surface area contributed by atoms with Crippen LogP contribution >= 0.6 is 11.6 Å². The van der Waals surface area contributed by atoms with E-state index in [1.54, 1.807) is 17.0 Å². The van der Waals surface area contributed by atoms with E-state index in [1.165, 1.54) is 6.07 Å². The van der Waals surface area contributed by atoms with Crippen molar-refractivity contribution in [2.75, 3.05) is 19.7 Å². The van der Waals surface area contributed by atoms with Gasteiger partial charge in [0.1, 0.15) is 11.7 Å². The van der Waals surface area contributed by atoms with Crippen LogP contribution in [0.2, 0.25) is 5.02 Å². The second-order valence-electron chi connectivity index (χ2n) is 8.51. The number of nitrogens with zero attached hydrogens (tertiary/aromatic N) is 1. The zero-order valence-electron chi connectivity index (χ0n) is 16.5. The monoisotopic (exact) mass is 414 g/mol. The number of H-pyrrole nitrogens is 1. The summed E-state index contributed by atoms with van der Waals surface area (Å²) in [5.41, 5.74) is 1.35. The van der Waals surface area contributed by atoms with Gasteiger partial charge in [-0.2, -0.15) is 0 Å². The summed E-state index contributed by atoms with van der Waals surface area (Å²) in [4.78, 5) is 42.7. The summed E-state index contributed by atoms with van der Waals surface area (Å²) in [6, 6.07) is 8.77. The van der Waals surface area contributed by atoms with Crippen LogP contribution in [0.15, 0.2) is 35.1 Å². The molecule has 0 bridgehead atoms. The van der Waals surface area contributed by atoms with E-state index < -0.39 is 5.56 Å². The molecular formula is C22H23ClN2O4. The van der Waals surface area contributed by atoms with Crippen molar-refractivity contribution in [3.63, 3.8) is 0 Å². The summed E-state index contributed by atoms with van der Waals surface area (Å²) in [6.45, 7) is 5.08. The normalized spacial score (nSPS) is 21.0. The number of halogens is 1. The molecular weight excluding hydrogens is 392 g/mol. The van der Waals surface area contributed by atoms with Gasteiger partial charge in [0, 0.05) is 29.2 Å². The van der Waals surface area contributed by atoms with Crippen LogP contribution in [0.5, 0.6) is 0 Å². The number of nitrogens with one attached hydrogen (secondary N) is 1. The average Bonchev–Trinajstić information content (AvgIpc) is 2.67. The number of aromatic amines is 1. The number of amides is 1. The average molecular weight is 415 g/mol. The predicted molar refractivity (Wildman–Crippen MR) is 110 cm³/mol. The van der Waals surface area contributed by atoms with Crippen molar-refractivity contribution in [2.24, 2.45) is 5.41 Å². The number of ether oxygens (including phenoxy) is 1. The molecule has 0 radical (unpaired) electrons. The molecule has 1 aliphatic carbocycles. The van der Waals surface area contributed by atoms with E-state index in [2.05, 4.69) is 4.98 Å². The minimum atomic E-state index is -0.450. The second kappa shape index (κ2) is 7.43. The quantitative estimate of drug-likeness (QED) is 0.816. The van der Waals surface area contributed by atoms with Crippen LogP contribution in [0.4, 0.5) is 0 Å². The third kappa shape index (κ3) is 4.00. The predicted octanol–water partition coefficient (Wildman–Crippen LogP) is 3.40. The van der Waals surface area contributed by atoms with E-state index >= 15 is 0 Å². The molecule has 6 nitrogen and oxygen atoms in total. The molecule has 1 saturated heterocycles. The number of hydrogen-bond acceptors (Lipinski definition) is 4. The van der Waals surface area contributed by atoms with Gasteiger partial charge in [-0.05, 0) is 35.6 Å². The molecule has 0 saturated carbocycles. The van der Waals surface area contributed by atoms with Gasteiger partial charge in [0.15, 0.2) is 5.78 Å². The molecule has 2 aliphatic rings. The molecule has 1 fully saturated rings. The summed E-state index contributed by atoms with van der Waals surface area (Å²) in [5.74, 6) is -0.420. The van der Waals surface area contributed by atoms with Gasteiger partial charge in [-0.25, -0.2) is 0 Å². The zero-order valence-corrected chi connectivity index (χ0v) is 17.2. The number of morpholine rings is 1. The van der Waals surface area contributed by atoms with Gasteiger partial charge >= 0.3 is 0 Å². The Hall–Kier alpha value is -2.44. The molecule has 29 heavy (non-hydrogen) atoms. The summed E-state index contributed by atoms with van der Waals surface area (Å²) in [7, 11) is 0. The first kappa shape index (κ1) is 19.9. The highest BCUT2D eigenvalue weighted by Gasteiger charge is 2.34. The Bertz CT molecular complexity index is 1030. The minimum absolute atomic E-state index is 0.00793. The van der Waals surface area contributed by atoms with Gasteiger partial charge in [0.05, 0.1) is 13.2 Å². The summed E-state index contributed by atoms with van der Waals surface area (Å²) in [6.07, 6.45) is 0.716. The number of carbonyl (C=O) groups is 2. The van der Waals surface area contributed by atoms with E-state index in [0.717, 1.165) is 5.56 Å².